The summed E-state index contributed by atoms with van der Waals surface area (Å²) < 4.78 is 0. The van der Waals surface area contributed by atoms with Gasteiger partial charge in [0.25, 0.3) is 0 Å². The van der Waals surface area contributed by atoms with Crippen LogP contribution in [0.15, 0.2) is 0 Å². The number of hydrogen-bond acceptors (Lipinski definition) is 3. The topological polar surface area (TPSA) is 61.4 Å². The molecule has 104 valence electrons. The van der Waals surface area contributed by atoms with Gasteiger partial charge in [-0.25, -0.2) is 0 Å². The van der Waals surface area contributed by atoms with Crippen molar-refractivity contribution in [1.82, 2.24) is 10.6 Å². The maximum atomic E-state index is 12.3. The number of rotatable bonds is 4. The number of nitrogens with one attached hydrogen (secondary N) is 2. The molecular formula is C14H26N2O2. The molecule has 0 spiro atoms. The zero-order chi connectivity index (χ0) is 13.2. The molecule has 3 N–H and O–H groups in total. The van der Waals surface area contributed by atoms with Gasteiger partial charge in [0.15, 0.2) is 0 Å². The van der Waals surface area contributed by atoms with Crippen LogP contribution in [0, 0.1) is 11.3 Å². The molecule has 2 rings (SSSR count). The van der Waals surface area contributed by atoms with Crippen LogP contribution in [-0.2, 0) is 4.79 Å². The van der Waals surface area contributed by atoms with Crippen LogP contribution in [0.25, 0.3) is 0 Å². The summed E-state index contributed by atoms with van der Waals surface area (Å²) in [4.78, 5) is 12.3. The van der Waals surface area contributed by atoms with Gasteiger partial charge in [-0.15, -0.1) is 0 Å². The number of carbonyl (C=O) groups excluding carboxylic acids is 1. The van der Waals surface area contributed by atoms with E-state index in [4.69, 9.17) is 0 Å². The van der Waals surface area contributed by atoms with Crippen molar-refractivity contribution in [3.63, 3.8) is 0 Å². The van der Waals surface area contributed by atoms with E-state index in [0.717, 1.165) is 45.2 Å². The summed E-state index contributed by atoms with van der Waals surface area (Å²) in [5.41, 5.74) is -0.982. The van der Waals surface area contributed by atoms with Crippen LogP contribution in [0.3, 0.4) is 0 Å². The molecule has 1 aliphatic heterocycles. The number of piperidine rings is 1. The van der Waals surface area contributed by atoms with Crippen LogP contribution in [0.1, 0.15) is 46.0 Å². The van der Waals surface area contributed by atoms with Crippen molar-refractivity contribution in [2.75, 3.05) is 19.6 Å². The van der Waals surface area contributed by atoms with Crippen LogP contribution < -0.4 is 10.6 Å². The summed E-state index contributed by atoms with van der Waals surface area (Å²) in [7, 11) is 0. The lowest BCUT2D eigenvalue weighted by molar-refractivity contribution is -0.135. The quantitative estimate of drug-likeness (QED) is 0.702. The van der Waals surface area contributed by atoms with E-state index in [-0.39, 0.29) is 11.3 Å². The van der Waals surface area contributed by atoms with Crippen molar-refractivity contribution in [2.45, 2.75) is 51.6 Å². The Kier molecular flexibility index (Phi) is 3.97. The van der Waals surface area contributed by atoms with E-state index in [2.05, 4.69) is 10.6 Å². The highest BCUT2D eigenvalue weighted by Crippen LogP contribution is 2.33. The van der Waals surface area contributed by atoms with Crippen molar-refractivity contribution in [2.24, 2.45) is 11.3 Å². The zero-order valence-electron chi connectivity index (χ0n) is 11.6. The molecule has 1 saturated carbocycles. The lowest BCUT2D eigenvalue weighted by Crippen LogP contribution is -2.53. The second-order valence-electron chi connectivity index (χ2n) is 6.53. The average molecular weight is 254 g/mol. The lowest BCUT2D eigenvalue weighted by atomic mass is 9.74. The molecule has 0 aromatic carbocycles. The van der Waals surface area contributed by atoms with E-state index in [1.165, 1.54) is 0 Å². The van der Waals surface area contributed by atoms with E-state index in [1.54, 1.807) is 0 Å². The van der Waals surface area contributed by atoms with Crippen molar-refractivity contribution < 1.29 is 9.90 Å². The normalized spacial score (nSPS) is 27.4. The zero-order valence-corrected chi connectivity index (χ0v) is 11.6. The number of carbonyl (C=O) groups is 1. The Labute approximate surface area is 110 Å². The first-order chi connectivity index (χ1) is 8.44. The third-order valence-corrected chi connectivity index (χ3v) is 4.76. The van der Waals surface area contributed by atoms with Crippen LogP contribution in [0.2, 0.25) is 0 Å². The fourth-order valence-electron chi connectivity index (χ4n) is 2.89. The molecule has 0 aromatic heterocycles. The summed E-state index contributed by atoms with van der Waals surface area (Å²) in [6.45, 7) is 6.43. The van der Waals surface area contributed by atoms with Gasteiger partial charge < -0.3 is 15.7 Å². The summed E-state index contributed by atoms with van der Waals surface area (Å²) in [5.74, 6) is 0.471. The first-order valence-electron chi connectivity index (χ1n) is 7.15. The fraction of sp³-hybridized carbons (Fsp3) is 0.929. The number of amides is 1. The fourth-order valence-corrected chi connectivity index (χ4v) is 2.89. The third-order valence-electron chi connectivity index (χ3n) is 4.76. The molecule has 1 heterocycles. The Bertz CT molecular complexity index is 305. The SMILES string of the molecule is CC(C)(C(=O)NCC1(O)CCC1)C1CCCNC1. The molecule has 4 heteroatoms. The predicted octanol–water partition coefficient (Wildman–Crippen LogP) is 1.04. The highest BCUT2D eigenvalue weighted by Gasteiger charge is 2.40. The monoisotopic (exact) mass is 254 g/mol. The van der Waals surface area contributed by atoms with Crippen LogP contribution >= 0.6 is 0 Å². The molecule has 1 aliphatic carbocycles. The Morgan fingerprint density at radius 1 is 1.44 bits per heavy atom. The summed E-state index contributed by atoms with van der Waals surface area (Å²) in [5, 5.41) is 16.3. The molecule has 4 nitrogen and oxygen atoms in total. The number of aliphatic hydroxyl groups is 1. The smallest absolute Gasteiger partial charge is 0.226 e. The molecule has 18 heavy (non-hydrogen) atoms. The van der Waals surface area contributed by atoms with Crippen LogP contribution in [-0.4, -0.2) is 36.2 Å². The van der Waals surface area contributed by atoms with Gasteiger partial charge in [-0.2, -0.15) is 0 Å². The molecule has 1 amide bonds. The van der Waals surface area contributed by atoms with E-state index in [1.807, 2.05) is 13.8 Å². The lowest BCUT2D eigenvalue weighted by Gasteiger charge is -2.39. The average Bonchev–Trinajstić information content (AvgIpc) is 2.34. The van der Waals surface area contributed by atoms with Crippen LogP contribution in [0.4, 0.5) is 0 Å². The summed E-state index contributed by atoms with van der Waals surface area (Å²) in [6, 6.07) is 0. The first kappa shape index (κ1) is 13.8. The highest BCUT2D eigenvalue weighted by molar-refractivity contribution is 5.82. The number of hydrogen-bond donors (Lipinski definition) is 3. The van der Waals surface area contributed by atoms with Crippen LogP contribution in [0.5, 0.6) is 0 Å². The largest absolute Gasteiger partial charge is 0.388 e. The minimum Gasteiger partial charge on any atom is -0.388 e. The van der Waals surface area contributed by atoms with Gasteiger partial charge in [0.2, 0.25) is 5.91 Å². The molecule has 2 aliphatic rings. The van der Waals surface area contributed by atoms with Gasteiger partial charge in [-0.05, 0) is 51.1 Å². The molecule has 1 atom stereocenters. The van der Waals surface area contributed by atoms with Crippen molar-refractivity contribution in [3.05, 3.63) is 0 Å². The van der Waals surface area contributed by atoms with Crippen molar-refractivity contribution in [3.8, 4) is 0 Å². The molecule has 1 unspecified atom stereocenters. The van der Waals surface area contributed by atoms with Gasteiger partial charge in [-0.3, -0.25) is 4.79 Å². The van der Waals surface area contributed by atoms with E-state index in [0.29, 0.717) is 12.5 Å². The Morgan fingerprint density at radius 3 is 2.67 bits per heavy atom. The second kappa shape index (κ2) is 5.17. The Hall–Kier alpha value is -0.610. The molecule has 0 bridgehead atoms. The minimum absolute atomic E-state index is 0.0801. The van der Waals surface area contributed by atoms with E-state index < -0.39 is 5.60 Å². The molecular weight excluding hydrogens is 228 g/mol. The Morgan fingerprint density at radius 2 is 2.17 bits per heavy atom. The molecule has 2 fully saturated rings. The van der Waals surface area contributed by atoms with Crippen molar-refractivity contribution >= 4 is 5.91 Å². The van der Waals surface area contributed by atoms with Gasteiger partial charge >= 0.3 is 0 Å². The second-order valence-corrected chi connectivity index (χ2v) is 6.53. The minimum atomic E-state index is -0.628. The van der Waals surface area contributed by atoms with Gasteiger partial charge in [0, 0.05) is 12.0 Å². The van der Waals surface area contributed by atoms with E-state index >= 15 is 0 Å². The molecule has 0 radical (unpaired) electrons. The van der Waals surface area contributed by atoms with Gasteiger partial charge in [-0.1, -0.05) is 13.8 Å². The maximum Gasteiger partial charge on any atom is 0.226 e. The van der Waals surface area contributed by atoms with Crippen molar-refractivity contribution in [1.29, 1.82) is 0 Å². The van der Waals surface area contributed by atoms with Gasteiger partial charge in [0.05, 0.1) is 5.60 Å². The van der Waals surface area contributed by atoms with Gasteiger partial charge in [0.1, 0.15) is 0 Å². The molecule has 0 aromatic rings. The standard InChI is InChI=1S/C14H26N2O2/c1-13(2,11-5-3-8-15-9-11)12(17)16-10-14(18)6-4-7-14/h11,15,18H,3-10H2,1-2H3,(H,16,17). The third kappa shape index (κ3) is 2.86. The Balaban J connectivity index is 1.85. The summed E-state index contributed by atoms with van der Waals surface area (Å²) in [6.07, 6.45) is 4.96. The van der Waals surface area contributed by atoms with E-state index in [9.17, 15) is 9.90 Å². The maximum absolute atomic E-state index is 12.3. The molecule has 1 saturated heterocycles. The predicted molar refractivity (Wildman–Crippen MR) is 71.2 cm³/mol. The first-order valence-corrected chi connectivity index (χ1v) is 7.15. The summed E-state index contributed by atoms with van der Waals surface area (Å²) >= 11 is 0. The highest BCUT2D eigenvalue weighted by atomic mass is 16.3.